The minimum absolute atomic E-state index is 0.0755. The van der Waals surface area contributed by atoms with Crippen molar-refractivity contribution in [1.29, 1.82) is 0 Å². The maximum atomic E-state index is 13.4. The van der Waals surface area contributed by atoms with Crippen molar-refractivity contribution in [3.63, 3.8) is 0 Å². The van der Waals surface area contributed by atoms with Gasteiger partial charge in [-0.15, -0.1) is 0 Å². The molecule has 0 saturated heterocycles. The van der Waals surface area contributed by atoms with Crippen molar-refractivity contribution in [3.05, 3.63) is 124 Å². The van der Waals surface area contributed by atoms with Gasteiger partial charge in [0.25, 0.3) is 0 Å². The van der Waals surface area contributed by atoms with E-state index in [1.54, 1.807) is 30.3 Å². The van der Waals surface area contributed by atoms with E-state index >= 15 is 0 Å². The molecular formula is C33H25Cl2F3N2O3. The average Bonchev–Trinajstić information content (AvgIpc) is 3.39. The number of carbonyl (C=O) groups excluding carboxylic acids is 1. The van der Waals surface area contributed by atoms with E-state index in [0.29, 0.717) is 22.2 Å². The molecule has 0 unspecified atom stereocenters. The summed E-state index contributed by atoms with van der Waals surface area (Å²) in [6.07, 6.45) is -2.12. The van der Waals surface area contributed by atoms with E-state index in [-0.39, 0.29) is 5.75 Å². The Balaban J connectivity index is 1.34. The van der Waals surface area contributed by atoms with Gasteiger partial charge in [0.15, 0.2) is 0 Å². The first kappa shape index (κ1) is 30.2. The summed E-state index contributed by atoms with van der Waals surface area (Å²) in [5, 5.41) is 1.10. The Hall–Kier alpha value is -4.27. The molecule has 0 amide bonds. The molecule has 0 atom stereocenters. The van der Waals surface area contributed by atoms with E-state index in [2.05, 4.69) is 16.2 Å². The molecule has 5 nitrogen and oxygen atoms in total. The maximum absolute atomic E-state index is 13.4. The van der Waals surface area contributed by atoms with Gasteiger partial charge in [-0.2, -0.15) is 13.2 Å². The lowest BCUT2D eigenvalue weighted by Gasteiger charge is -2.14. The number of aryl methyl sites for hydroxylation is 1. The molecular weight excluding hydrogens is 600 g/mol. The number of esters is 1. The highest BCUT2D eigenvalue weighted by molar-refractivity contribution is 6.36. The van der Waals surface area contributed by atoms with Crippen molar-refractivity contribution in [1.82, 2.24) is 9.55 Å². The van der Waals surface area contributed by atoms with E-state index in [4.69, 9.17) is 32.9 Å². The van der Waals surface area contributed by atoms with Crippen molar-refractivity contribution in [2.24, 2.45) is 0 Å². The lowest BCUT2D eigenvalue weighted by molar-refractivity contribution is -0.138. The van der Waals surface area contributed by atoms with Gasteiger partial charge in [-0.05, 0) is 72.1 Å². The van der Waals surface area contributed by atoms with Crippen molar-refractivity contribution in [3.8, 4) is 33.9 Å². The summed E-state index contributed by atoms with van der Waals surface area (Å²) >= 11 is 12.5. The molecule has 0 aliphatic rings. The summed E-state index contributed by atoms with van der Waals surface area (Å²) in [5.41, 5.74) is 2.71. The predicted molar refractivity (Wildman–Crippen MR) is 161 cm³/mol. The van der Waals surface area contributed by atoms with Crippen LogP contribution in [0.1, 0.15) is 34.2 Å². The van der Waals surface area contributed by atoms with Crippen molar-refractivity contribution >= 4 is 29.2 Å². The van der Waals surface area contributed by atoms with E-state index < -0.39 is 23.3 Å². The Bertz CT molecular complexity index is 1780. The number of halogens is 5. The zero-order chi connectivity index (χ0) is 30.7. The third-order valence-electron chi connectivity index (χ3n) is 6.83. The second-order valence-corrected chi connectivity index (χ2v) is 10.5. The molecule has 0 bridgehead atoms. The van der Waals surface area contributed by atoms with Gasteiger partial charge in [-0.25, -0.2) is 9.78 Å². The van der Waals surface area contributed by atoms with Crippen LogP contribution < -0.4 is 4.74 Å². The third-order valence-corrected chi connectivity index (χ3v) is 7.38. The highest BCUT2D eigenvalue weighted by atomic mass is 35.5. The minimum atomic E-state index is -4.71. The van der Waals surface area contributed by atoms with Crippen LogP contribution in [0.2, 0.25) is 10.0 Å². The molecule has 0 spiro atoms. The van der Waals surface area contributed by atoms with Gasteiger partial charge in [0.1, 0.15) is 17.3 Å². The fourth-order valence-electron chi connectivity index (χ4n) is 4.68. The lowest BCUT2D eigenvalue weighted by atomic mass is 10.0. The Labute approximate surface area is 256 Å². The zero-order valence-electron chi connectivity index (χ0n) is 23.1. The molecule has 1 aromatic heterocycles. The van der Waals surface area contributed by atoms with E-state index in [9.17, 15) is 18.0 Å². The highest BCUT2D eigenvalue weighted by Gasteiger charge is 2.36. The van der Waals surface area contributed by atoms with Crippen LogP contribution in [0, 0.1) is 0 Å². The van der Waals surface area contributed by atoms with Gasteiger partial charge >= 0.3 is 12.1 Å². The molecule has 5 aromatic rings. The third kappa shape index (κ3) is 6.87. The number of alkyl halides is 3. The van der Waals surface area contributed by atoms with E-state index in [0.717, 1.165) is 59.6 Å². The topological polar surface area (TPSA) is 53.4 Å². The Kier molecular flexibility index (Phi) is 8.80. The van der Waals surface area contributed by atoms with Crippen LogP contribution in [0.25, 0.3) is 22.4 Å². The minimum Gasteiger partial charge on any atom is -0.465 e. The van der Waals surface area contributed by atoms with Crippen molar-refractivity contribution < 1.29 is 27.4 Å². The number of imidazole rings is 1. The summed E-state index contributed by atoms with van der Waals surface area (Å²) in [6.45, 7) is 2.80. The number of carbonyl (C=O) groups is 1. The van der Waals surface area contributed by atoms with Crippen LogP contribution >= 0.6 is 23.2 Å². The SMILES string of the molecule is CCn1cc(-c2ccc(Cl)cc2Cl)nc1Cc1ccc(-c2cccc(Oc3ccc(C(F)(F)F)c(C(=O)OC)c3)c2)cc1. The summed E-state index contributed by atoms with van der Waals surface area (Å²) in [5.74, 6) is 0.273. The molecule has 0 saturated carbocycles. The largest absolute Gasteiger partial charge is 0.465 e. The number of hydrogen-bond acceptors (Lipinski definition) is 4. The second kappa shape index (κ2) is 12.5. The van der Waals surface area contributed by atoms with Crippen LogP contribution in [0.15, 0.2) is 91.1 Å². The summed E-state index contributed by atoms with van der Waals surface area (Å²) in [7, 11) is 1.03. The Morgan fingerprint density at radius 1 is 0.907 bits per heavy atom. The Morgan fingerprint density at radius 2 is 1.65 bits per heavy atom. The fraction of sp³-hybridized carbons (Fsp3) is 0.152. The number of rotatable bonds is 8. The monoisotopic (exact) mass is 624 g/mol. The molecule has 0 aliphatic carbocycles. The molecule has 0 fully saturated rings. The highest BCUT2D eigenvalue weighted by Crippen LogP contribution is 2.36. The molecule has 0 N–H and O–H groups in total. The summed E-state index contributed by atoms with van der Waals surface area (Å²) in [6, 6.07) is 23.5. The molecule has 5 rings (SSSR count). The van der Waals surface area contributed by atoms with Gasteiger partial charge in [-0.3, -0.25) is 0 Å². The normalized spacial score (nSPS) is 11.4. The standard InChI is InChI=1S/C33H25Cl2F3N2O3/c1-3-40-19-30(26-13-11-23(34)17-29(26)35)39-31(40)15-20-7-9-21(10-8-20)22-5-4-6-24(16-22)43-25-12-14-28(33(36,37)38)27(18-25)32(41)42-2/h4-14,16-19H,3,15H2,1-2H3. The van der Waals surface area contributed by atoms with E-state index in [1.807, 2.05) is 42.6 Å². The lowest BCUT2D eigenvalue weighted by Crippen LogP contribution is -2.14. The molecule has 43 heavy (non-hydrogen) atoms. The van der Waals surface area contributed by atoms with Crippen molar-refractivity contribution in [2.45, 2.75) is 26.1 Å². The molecule has 1 heterocycles. The summed E-state index contributed by atoms with van der Waals surface area (Å²) in [4.78, 5) is 16.8. The first-order valence-corrected chi connectivity index (χ1v) is 14.0. The van der Waals surface area contributed by atoms with Crippen LogP contribution in [0.3, 0.4) is 0 Å². The quantitative estimate of drug-likeness (QED) is 0.161. The van der Waals surface area contributed by atoms with Crippen LogP contribution in [0.5, 0.6) is 11.5 Å². The number of aromatic nitrogens is 2. The van der Waals surface area contributed by atoms with Crippen LogP contribution in [-0.2, 0) is 23.9 Å². The van der Waals surface area contributed by atoms with Gasteiger partial charge in [-0.1, -0.05) is 59.6 Å². The molecule has 10 heteroatoms. The molecule has 220 valence electrons. The number of ether oxygens (including phenoxy) is 2. The molecule has 0 aliphatic heterocycles. The number of hydrogen-bond donors (Lipinski definition) is 0. The predicted octanol–water partition coefficient (Wildman–Crippen LogP) is 9.73. The molecule has 0 radical (unpaired) electrons. The van der Waals surface area contributed by atoms with Gasteiger partial charge < -0.3 is 14.0 Å². The van der Waals surface area contributed by atoms with Gasteiger partial charge in [0, 0.05) is 29.7 Å². The van der Waals surface area contributed by atoms with Gasteiger partial charge in [0.2, 0.25) is 0 Å². The number of benzene rings is 4. The van der Waals surface area contributed by atoms with Crippen LogP contribution in [0.4, 0.5) is 13.2 Å². The van der Waals surface area contributed by atoms with E-state index in [1.165, 1.54) is 6.07 Å². The smallest absolute Gasteiger partial charge is 0.417 e. The Morgan fingerprint density at radius 3 is 2.33 bits per heavy atom. The number of nitrogens with zero attached hydrogens (tertiary/aromatic N) is 2. The molecule has 4 aromatic carbocycles. The number of methoxy groups -OCH3 is 1. The average molecular weight is 625 g/mol. The fourth-order valence-corrected chi connectivity index (χ4v) is 5.19. The zero-order valence-corrected chi connectivity index (χ0v) is 24.6. The first-order chi connectivity index (χ1) is 20.5. The van der Waals surface area contributed by atoms with Crippen molar-refractivity contribution in [2.75, 3.05) is 7.11 Å². The van der Waals surface area contributed by atoms with Crippen LogP contribution in [-0.4, -0.2) is 22.6 Å². The second-order valence-electron chi connectivity index (χ2n) is 9.65. The summed E-state index contributed by atoms with van der Waals surface area (Å²) < 4.78 is 52.5. The van der Waals surface area contributed by atoms with Gasteiger partial charge in [0.05, 0.1) is 29.0 Å². The first-order valence-electron chi connectivity index (χ1n) is 13.2. The maximum Gasteiger partial charge on any atom is 0.417 e.